The molecule has 4 heteroatoms. The number of benzene rings is 4. The van der Waals surface area contributed by atoms with Gasteiger partial charge in [0.15, 0.2) is 9.84 Å². The molecule has 0 saturated carbocycles. The number of fused-ring (bicyclic) bond motifs is 2. The molecule has 1 heterocycles. The van der Waals surface area contributed by atoms with Gasteiger partial charge in [0.05, 0.1) is 4.90 Å². The molecule has 3 nitrogen and oxygen atoms in total. The van der Waals surface area contributed by atoms with Crippen molar-refractivity contribution in [2.45, 2.75) is 10.1 Å². The first-order valence-corrected chi connectivity index (χ1v) is 11.0. The van der Waals surface area contributed by atoms with Gasteiger partial charge in [-0.1, -0.05) is 72.8 Å². The van der Waals surface area contributed by atoms with E-state index in [1.807, 2.05) is 79.0 Å². The van der Waals surface area contributed by atoms with E-state index in [2.05, 4.69) is 4.98 Å². The van der Waals surface area contributed by atoms with Gasteiger partial charge in [-0.15, -0.1) is 0 Å². The van der Waals surface area contributed by atoms with Crippen LogP contribution in [0.4, 0.5) is 0 Å². The minimum atomic E-state index is -3.66. The summed E-state index contributed by atoms with van der Waals surface area (Å²) in [4.78, 5) is 3.56. The van der Waals surface area contributed by atoms with Crippen molar-refractivity contribution >= 4 is 31.5 Å². The van der Waals surface area contributed by atoms with Crippen LogP contribution in [-0.2, 0) is 9.84 Å². The predicted octanol–water partition coefficient (Wildman–Crippen LogP) is 5.88. The predicted molar refractivity (Wildman–Crippen MR) is 118 cm³/mol. The van der Waals surface area contributed by atoms with Crippen LogP contribution < -0.4 is 0 Å². The van der Waals surface area contributed by atoms with Gasteiger partial charge >= 0.3 is 0 Å². The van der Waals surface area contributed by atoms with E-state index in [4.69, 9.17) is 0 Å². The molecule has 1 atom stereocenters. The second-order valence-corrected chi connectivity index (χ2v) is 9.17. The molecule has 5 rings (SSSR count). The zero-order valence-electron chi connectivity index (χ0n) is 15.6. The smallest absolute Gasteiger partial charge is 0.189 e. The molecular weight excluding hydrogens is 378 g/mol. The molecule has 29 heavy (non-hydrogen) atoms. The molecule has 0 radical (unpaired) electrons. The van der Waals surface area contributed by atoms with Crippen LogP contribution in [0.25, 0.3) is 21.7 Å². The van der Waals surface area contributed by atoms with E-state index < -0.39 is 15.1 Å². The van der Waals surface area contributed by atoms with Gasteiger partial charge in [-0.25, -0.2) is 8.42 Å². The molecule has 0 saturated heterocycles. The highest BCUT2D eigenvalue weighted by Gasteiger charge is 2.32. The Labute approximate surface area is 169 Å². The van der Waals surface area contributed by atoms with Gasteiger partial charge in [-0.2, -0.15) is 0 Å². The van der Waals surface area contributed by atoms with Crippen molar-refractivity contribution in [2.75, 3.05) is 0 Å². The lowest BCUT2D eigenvalue weighted by Gasteiger charge is -2.19. The third-order valence-electron chi connectivity index (χ3n) is 5.36. The lowest BCUT2D eigenvalue weighted by atomic mass is 10.0. The lowest BCUT2D eigenvalue weighted by Crippen LogP contribution is -2.15. The molecule has 142 valence electrons. The first-order chi connectivity index (χ1) is 14.1. The van der Waals surface area contributed by atoms with Crippen molar-refractivity contribution in [3.63, 3.8) is 0 Å². The van der Waals surface area contributed by atoms with Gasteiger partial charge < -0.3 is 4.98 Å². The molecule has 1 aromatic heterocycles. The van der Waals surface area contributed by atoms with Gasteiger partial charge in [-0.05, 0) is 40.6 Å². The Morgan fingerprint density at radius 1 is 0.690 bits per heavy atom. The minimum absolute atomic E-state index is 0.323. The van der Waals surface area contributed by atoms with Crippen LogP contribution in [0.3, 0.4) is 0 Å². The third-order valence-corrected chi connectivity index (χ3v) is 7.44. The van der Waals surface area contributed by atoms with Gasteiger partial charge in [0.1, 0.15) is 5.25 Å². The summed E-state index contributed by atoms with van der Waals surface area (Å²) in [6, 6.07) is 30.4. The van der Waals surface area contributed by atoms with Crippen LogP contribution in [0.5, 0.6) is 0 Å². The Balaban J connectivity index is 1.79. The summed E-state index contributed by atoms with van der Waals surface area (Å²) in [5, 5.41) is 2.24. The van der Waals surface area contributed by atoms with Crippen LogP contribution in [0.2, 0.25) is 0 Å². The van der Waals surface area contributed by atoms with E-state index in [-0.39, 0.29) is 0 Å². The maximum absolute atomic E-state index is 13.8. The summed E-state index contributed by atoms with van der Waals surface area (Å²) >= 11 is 0. The molecule has 0 aliphatic heterocycles. The Hall–Kier alpha value is -3.37. The summed E-state index contributed by atoms with van der Waals surface area (Å²) in [5.41, 5.74) is 2.45. The van der Waals surface area contributed by atoms with Gasteiger partial charge in [0.2, 0.25) is 0 Å². The highest BCUT2D eigenvalue weighted by molar-refractivity contribution is 7.92. The molecule has 1 unspecified atom stereocenters. The first-order valence-electron chi connectivity index (χ1n) is 9.48. The molecule has 1 N–H and O–H groups in total. The van der Waals surface area contributed by atoms with Crippen LogP contribution in [0, 0.1) is 0 Å². The normalized spacial score (nSPS) is 13.0. The Morgan fingerprint density at radius 2 is 1.38 bits per heavy atom. The summed E-state index contributed by atoms with van der Waals surface area (Å²) in [5.74, 6) is 0. The standard InChI is InChI=1S/C25H19NO2S/c27-29(28,21-10-2-1-3-11-21)25(23-17-26-24-13-7-6-12-22(23)24)20-15-14-18-8-4-5-9-19(18)16-20/h1-17,25-26H. The Bertz CT molecular complexity index is 1420. The van der Waals surface area contributed by atoms with Crippen LogP contribution in [0.15, 0.2) is 108 Å². The molecule has 0 fully saturated rings. The van der Waals surface area contributed by atoms with Crippen LogP contribution in [-0.4, -0.2) is 13.4 Å². The van der Waals surface area contributed by atoms with Crippen LogP contribution >= 0.6 is 0 Å². The van der Waals surface area contributed by atoms with E-state index >= 15 is 0 Å². The van der Waals surface area contributed by atoms with E-state index in [1.54, 1.807) is 24.3 Å². The SMILES string of the molecule is O=S(=O)(c1ccccc1)C(c1ccc2ccccc2c1)c1c[nH]c2ccccc12. The molecule has 0 amide bonds. The Kier molecular flexibility index (Phi) is 4.22. The summed E-state index contributed by atoms with van der Waals surface area (Å²) in [6.45, 7) is 0. The lowest BCUT2D eigenvalue weighted by molar-refractivity contribution is 0.589. The molecule has 4 aromatic carbocycles. The van der Waals surface area contributed by atoms with E-state index in [9.17, 15) is 8.42 Å². The zero-order valence-corrected chi connectivity index (χ0v) is 16.4. The number of hydrogen-bond donors (Lipinski definition) is 1. The van der Waals surface area contributed by atoms with Crippen molar-refractivity contribution in [1.29, 1.82) is 0 Å². The quantitative estimate of drug-likeness (QED) is 0.411. The fourth-order valence-corrected chi connectivity index (χ4v) is 5.80. The molecule has 0 bridgehead atoms. The maximum Gasteiger partial charge on any atom is 0.189 e. The molecule has 5 aromatic rings. The average molecular weight is 397 g/mol. The number of nitrogens with one attached hydrogen (secondary N) is 1. The topological polar surface area (TPSA) is 49.9 Å². The third kappa shape index (κ3) is 3.02. The Morgan fingerprint density at radius 3 is 2.21 bits per heavy atom. The second kappa shape index (κ2) is 6.90. The number of H-pyrrole nitrogens is 1. The van der Waals surface area contributed by atoms with Gasteiger partial charge in [-0.3, -0.25) is 0 Å². The largest absolute Gasteiger partial charge is 0.361 e. The van der Waals surface area contributed by atoms with Gasteiger partial charge in [0.25, 0.3) is 0 Å². The van der Waals surface area contributed by atoms with E-state index in [0.717, 1.165) is 32.8 Å². The van der Waals surface area contributed by atoms with Crippen molar-refractivity contribution < 1.29 is 8.42 Å². The van der Waals surface area contributed by atoms with Gasteiger partial charge in [0, 0.05) is 22.7 Å². The zero-order chi connectivity index (χ0) is 19.8. The number of rotatable bonds is 4. The molecular formula is C25H19NO2S. The fourth-order valence-electron chi connectivity index (χ4n) is 3.95. The van der Waals surface area contributed by atoms with E-state index in [0.29, 0.717) is 4.90 Å². The fraction of sp³-hybridized carbons (Fsp3) is 0.0400. The maximum atomic E-state index is 13.8. The van der Waals surface area contributed by atoms with Crippen molar-refractivity contribution in [3.05, 3.63) is 114 Å². The number of sulfone groups is 1. The highest BCUT2D eigenvalue weighted by atomic mass is 32.2. The monoisotopic (exact) mass is 397 g/mol. The van der Waals surface area contributed by atoms with Crippen molar-refractivity contribution in [2.24, 2.45) is 0 Å². The number of hydrogen-bond acceptors (Lipinski definition) is 2. The summed E-state index contributed by atoms with van der Waals surface area (Å²) in [7, 11) is -3.66. The number of aromatic nitrogens is 1. The van der Waals surface area contributed by atoms with Crippen molar-refractivity contribution in [3.8, 4) is 0 Å². The summed E-state index contributed by atoms with van der Waals surface area (Å²) < 4.78 is 27.6. The molecule has 0 aliphatic carbocycles. The first kappa shape index (κ1) is 17.7. The molecule has 0 aliphatic rings. The minimum Gasteiger partial charge on any atom is -0.361 e. The van der Waals surface area contributed by atoms with E-state index in [1.165, 1.54) is 0 Å². The highest BCUT2D eigenvalue weighted by Crippen LogP contribution is 2.39. The number of aromatic amines is 1. The molecule has 0 spiro atoms. The number of para-hydroxylation sites is 1. The summed E-state index contributed by atoms with van der Waals surface area (Å²) in [6.07, 6.45) is 1.82. The van der Waals surface area contributed by atoms with Crippen molar-refractivity contribution in [1.82, 2.24) is 4.98 Å². The van der Waals surface area contributed by atoms with Crippen LogP contribution in [0.1, 0.15) is 16.4 Å². The second-order valence-electron chi connectivity index (χ2n) is 7.13. The average Bonchev–Trinajstić information content (AvgIpc) is 3.18.